The second-order valence-corrected chi connectivity index (χ2v) is 2.05. The number of nitrogens with one attached hydrogen (secondary N) is 1. The molecular weight excluding hydrogens is 166 g/mol. The Kier molecular flexibility index (Phi) is 9.00. The number of halogens is 1. The van der Waals surface area contributed by atoms with Crippen LogP contribution in [0.15, 0.2) is 12.7 Å². The van der Waals surface area contributed by atoms with Crippen molar-refractivity contribution in [2.75, 3.05) is 7.05 Å². The summed E-state index contributed by atoms with van der Waals surface area (Å²) in [5.41, 5.74) is 0. The number of aliphatic carboxylic acids is 1. The lowest BCUT2D eigenvalue weighted by atomic mass is 10.1. The fourth-order valence-corrected chi connectivity index (χ4v) is 0.676. The molecule has 0 aromatic heterocycles. The zero-order valence-electron chi connectivity index (χ0n) is 6.54. The number of hydrogen-bond donors (Lipinski definition) is 2. The van der Waals surface area contributed by atoms with Gasteiger partial charge < -0.3 is 10.4 Å². The van der Waals surface area contributed by atoms with Gasteiger partial charge in [-0.3, -0.25) is 4.79 Å². The van der Waals surface area contributed by atoms with Gasteiger partial charge in [-0.15, -0.1) is 19.0 Å². The summed E-state index contributed by atoms with van der Waals surface area (Å²) in [6, 6.07) is -0.432. The monoisotopic (exact) mass is 179 g/mol. The van der Waals surface area contributed by atoms with Crippen molar-refractivity contribution >= 4 is 18.4 Å². The van der Waals surface area contributed by atoms with Crippen LogP contribution in [0.1, 0.15) is 12.8 Å². The van der Waals surface area contributed by atoms with E-state index in [4.69, 9.17) is 5.11 Å². The van der Waals surface area contributed by atoms with Gasteiger partial charge in [0.05, 0.1) is 0 Å². The van der Waals surface area contributed by atoms with Gasteiger partial charge in [0.1, 0.15) is 6.04 Å². The first-order chi connectivity index (χ1) is 4.72. The normalized spacial score (nSPS) is 11.4. The minimum atomic E-state index is -0.802. The predicted octanol–water partition coefficient (Wildman–Crippen LogP) is 1.05. The number of rotatable bonds is 5. The topological polar surface area (TPSA) is 49.3 Å². The zero-order valence-corrected chi connectivity index (χ0v) is 7.36. The van der Waals surface area contributed by atoms with Crippen molar-refractivity contribution in [1.29, 1.82) is 0 Å². The highest BCUT2D eigenvalue weighted by Gasteiger charge is 2.12. The third-order valence-corrected chi connectivity index (χ3v) is 1.31. The highest BCUT2D eigenvalue weighted by molar-refractivity contribution is 5.85. The van der Waals surface area contributed by atoms with E-state index < -0.39 is 12.0 Å². The van der Waals surface area contributed by atoms with Crippen LogP contribution in [0.2, 0.25) is 0 Å². The lowest BCUT2D eigenvalue weighted by molar-refractivity contribution is -0.139. The zero-order chi connectivity index (χ0) is 7.98. The number of carboxylic acid groups (broad SMARTS) is 1. The number of carboxylic acids is 1. The van der Waals surface area contributed by atoms with Gasteiger partial charge in [-0.1, -0.05) is 6.08 Å². The minimum Gasteiger partial charge on any atom is -0.480 e. The van der Waals surface area contributed by atoms with Crippen LogP contribution in [0.25, 0.3) is 0 Å². The first-order valence-electron chi connectivity index (χ1n) is 3.23. The van der Waals surface area contributed by atoms with E-state index in [9.17, 15) is 4.79 Å². The van der Waals surface area contributed by atoms with Crippen LogP contribution < -0.4 is 5.32 Å². The maximum Gasteiger partial charge on any atom is 0.320 e. The van der Waals surface area contributed by atoms with E-state index in [1.807, 2.05) is 0 Å². The van der Waals surface area contributed by atoms with Crippen molar-refractivity contribution in [3.05, 3.63) is 12.7 Å². The lowest BCUT2D eigenvalue weighted by Gasteiger charge is -2.07. The van der Waals surface area contributed by atoms with Crippen LogP contribution in [-0.2, 0) is 4.79 Å². The fourth-order valence-electron chi connectivity index (χ4n) is 0.676. The highest BCUT2D eigenvalue weighted by atomic mass is 35.5. The molecule has 1 atom stereocenters. The molecule has 0 spiro atoms. The largest absolute Gasteiger partial charge is 0.480 e. The van der Waals surface area contributed by atoms with Crippen molar-refractivity contribution in [2.45, 2.75) is 18.9 Å². The van der Waals surface area contributed by atoms with Crippen LogP contribution in [0, 0.1) is 0 Å². The molecule has 0 bridgehead atoms. The summed E-state index contributed by atoms with van der Waals surface area (Å²) in [6.07, 6.45) is 3.06. The van der Waals surface area contributed by atoms with Crippen LogP contribution in [-0.4, -0.2) is 24.2 Å². The van der Waals surface area contributed by atoms with Crippen LogP contribution in [0.5, 0.6) is 0 Å². The summed E-state index contributed by atoms with van der Waals surface area (Å²) in [6.45, 7) is 3.51. The molecule has 0 unspecified atom stereocenters. The summed E-state index contributed by atoms with van der Waals surface area (Å²) in [7, 11) is 1.64. The molecule has 0 saturated heterocycles. The van der Waals surface area contributed by atoms with E-state index in [1.54, 1.807) is 13.1 Å². The van der Waals surface area contributed by atoms with E-state index in [0.717, 1.165) is 6.42 Å². The molecule has 0 aromatic rings. The molecule has 0 aromatic carbocycles. The summed E-state index contributed by atoms with van der Waals surface area (Å²) >= 11 is 0. The molecule has 0 fully saturated rings. The van der Waals surface area contributed by atoms with Gasteiger partial charge in [-0.05, 0) is 19.9 Å². The molecule has 0 amide bonds. The molecule has 0 aliphatic rings. The van der Waals surface area contributed by atoms with Crippen molar-refractivity contribution < 1.29 is 9.90 Å². The molecular formula is C7H14ClNO2. The van der Waals surface area contributed by atoms with E-state index in [-0.39, 0.29) is 12.4 Å². The average Bonchev–Trinajstić information content (AvgIpc) is 1.89. The lowest BCUT2D eigenvalue weighted by Crippen LogP contribution is -2.33. The van der Waals surface area contributed by atoms with Crippen molar-refractivity contribution in [3.63, 3.8) is 0 Å². The van der Waals surface area contributed by atoms with Crippen LogP contribution in [0.4, 0.5) is 0 Å². The Bertz CT molecular complexity index is 128. The number of hydrogen-bond acceptors (Lipinski definition) is 2. The first kappa shape index (κ1) is 13.1. The van der Waals surface area contributed by atoms with Crippen LogP contribution >= 0.6 is 12.4 Å². The molecule has 0 aliphatic carbocycles. The molecule has 0 rings (SSSR count). The van der Waals surface area contributed by atoms with Gasteiger partial charge >= 0.3 is 5.97 Å². The maximum atomic E-state index is 10.3. The molecule has 2 N–H and O–H groups in total. The summed E-state index contributed by atoms with van der Waals surface area (Å²) in [5, 5.41) is 11.2. The Hall–Kier alpha value is -0.540. The summed E-state index contributed by atoms with van der Waals surface area (Å²) in [5.74, 6) is -0.802. The molecule has 0 radical (unpaired) electrons. The molecule has 66 valence electrons. The van der Waals surface area contributed by atoms with E-state index in [1.165, 1.54) is 0 Å². The number of carbonyl (C=O) groups is 1. The quantitative estimate of drug-likeness (QED) is 0.621. The Morgan fingerprint density at radius 1 is 1.82 bits per heavy atom. The van der Waals surface area contributed by atoms with Gasteiger partial charge in [-0.25, -0.2) is 0 Å². The summed E-state index contributed by atoms with van der Waals surface area (Å²) in [4.78, 5) is 10.3. The molecule has 0 aliphatic heterocycles. The van der Waals surface area contributed by atoms with Crippen molar-refractivity contribution in [3.8, 4) is 0 Å². The first-order valence-corrected chi connectivity index (χ1v) is 3.23. The Morgan fingerprint density at radius 2 is 2.36 bits per heavy atom. The Labute approximate surface area is 72.9 Å². The fraction of sp³-hybridized carbons (Fsp3) is 0.571. The molecule has 11 heavy (non-hydrogen) atoms. The van der Waals surface area contributed by atoms with Gasteiger partial charge in [-0.2, -0.15) is 0 Å². The van der Waals surface area contributed by atoms with Gasteiger partial charge in [0.15, 0.2) is 0 Å². The third kappa shape index (κ3) is 5.88. The maximum absolute atomic E-state index is 10.3. The second-order valence-electron chi connectivity index (χ2n) is 2.05. The van der Waals surface area contributed by atoms with Crippen molar-refractivity contribution in [2.24, 2.45) is 0 Å². The van der Waals surface area contributed by atoms with E-state index in [2.05, 4.69) is 11.9 Å². The van der Waals surface area contributed by atoms with Crippen molar-refractivity contribution in [1.82, 2.24) is 5.32 Å². The summed E-state index contributed by atoms with van der Waals surface area (Å²) < 4.78 is 0. The predicted molar refractivity (Wildman–Crippen MR) is 47.2 cm³/mol. The Morgan fingerprint density at radius 3 is 2.64 bits per heavy atom. The standard InChI is InChI=1S/C7H13NO2.ClH/c1-3-4-5-6(8-2)7(9)10;/h3,6,8H,1,4-5H2,2H3,(H,9,10);1H/t6-;/m0./s1. The molecule has 4 heteroatoms. The average molecular weight is 180 g/mol. The SMILES string of the molecule is C=CCC[C@H](NC)C(=O)O.Cl. The van der Waals surface area contributed by atoms with Gasteiger partial charge in [0, 0.05) is 0 Å². The smallest absolute Gasteiger partial charge is 0.320 e. The van der Waals surface area contributed by atoms with E-state index >= 15 is 0 Å². The Balaban J connectivity index is 0. The van der Waals surface area contributed by atoms with Gasteiger partial charge in [0.25, 0.3) is 0 Å². The second kappa shape index (κ2) is 7.57. The number of likely N-dealkylation sites (N-methyl/N-ethyl adjacent to an activating group) is 1. The minimum absolute atomic E-state index is 0. The van der Waals surface area contributed by atoms with E-state index in [0.29, 0.717) is 6.42 Å². The number of allylic oxidation sites excluding steroid dienone is 1. The third-order valence-electron chi connectivity index (χ3n) is 1.31. The molecule has 0 saturated carbocycles. The highest BCUT2D eigenvalue weighted by Crippen LogP contribution is 1.96. The molecule has 3 nitrogen and oxygen atoms in total. The van der Waals surface area contributed by atoms with Gasteiger partial charge in [0.2, 0.25) is 0 Å². The van der Waals surface area contributed by atoms with Crippen LogP contribution in [0.3, 0.4) is 0 Å². The molecule has 0 heterocycles.